The van der Waals surface area contributed by atoms with Crippen molar-refractivity contribution in [1.82, 2.24) is 10.6 Å². The molecule has 4 N–H and O–H groups in total. The van der Waals surface area contributed by atoms with Gasteiger partial charge in [0.1, 0.15) is 17.3 Å². The number of rotatable bonds is 10. The van der Waals surface area contributed by atoms with Gasteiger partial charge in [0.2, 0.25) is 0 Å². The summed E-state index contributed by atoms with van der Waals surface area (Å²) in [4.78, 5) is 13.1. The number of aromatic hydroxyl groups is 1. The van der Waals surface area contributed by atoms with E-state index < -0.39 is 11.9 Å². The van der Waals surface area contributed by atoms with Gasteiger partial charge in [-0.15, -0.1) is 0 Å². The van der Waals surface area contributed by atoms with Gasteiger partial charge in [-0.25, -0.2) is 0 Å². The van der Waals surface area contributed by atoms with Crippen molar-refractivity contribution in [2.75, 3.05) is 6.61 Å². The van der Waals surface area contributed by atoms with Crippen molar-refractivity contribution in [3.63, 3.8) is 0 Å². The molecule has 0 saturated heterocycles. The first-order chi connectivity index (χ1) is 18.8. The summed E-state index contributed by atoms with van der Waals surface area (Å²) >= 11 is 6.31. The molecule has 8 heteroatoms. The molecule has 39 heavy (non-hydrogen) atoms. The summed E-state index contributed by atoms with van der Waals surface area (Å²) in [5.41, 5.74) is 4.24. The molecule has 0 fully saturated rings. The van der Waals surface area contributed by atoms with Crippen LogP contribution in [0.15, 0.2) is 77.2 Å². The Hall–Kier alpha value is -4.09. The molecule has 0 aliphatic rings. The summed E-state index contributed by atoms with van der Waals surface area (Å²) in [6.07, 6.45) is 0.367. The van der Waals surface area contributed by atoms with Gasteiger partial charge >= 0.3 is 0 Å². The van der Waals surface area contributed by atoms with E-state index >= 15 is 0 Å². The Morgan fingerprint density at radius 1 is 1.08 bits per heavy atom. The number of nitrogens with one attached hydrogen (secondary N) is 2. The van der Waals surface area contributed by atoms with Crippen LogP contribution in [0.1, 0.15) is 51.3 Å². The van der Waals surface area contributed by atoms with Crippen LogP contribution in [0.25, 0.3) is 11.3 Å². The second-order valence-electron chi connectivity index (χ2n) is 9.49. The zero-order chi connectivity index (χ0) is 27.9. The van der Waals surface area contributed by atoms with Gasteiger partial charge in [0.25, 0.3) is 5.91 Å². The maximum Gasteiger partial charge on any atom is 0.253 e. The molecule has 7 nitrogen and oxygen atoms in total. The van der Waals surface area contributed by atoms with Gasteiger partial charge in [0, 0.05) is 12.1 Å². The highest BCUT2D eigenvalue weighted by Gasteiger charge is 2.20. The molecular weight excluding hydrogens is 514 g/mol. The first-order valence-corrected chi connectivity index (χ1v) is 13.0. The van der Waals surface area contributed by atoms with E-state index in [4.69, 9.17) is 21.3 Å². The molecule has 0 aliphatic heterocycles. The van der Waals surface area contributed by atoms with Gasteiger partial charge in [0.05, 0.1) is 47.0 Å². The molecule has 0 aliphatic carbocycles. The number of aliphatic hydroxyl groups is 1. The Labute approximate surface area is 232 Å². The average Bonchev–Trinajstić information content (AvgIpc) is 3.40. The molecule has 2 atom stereocenters. The molecule has 4 aromatic rings. The SMILES string of the molecule is Cc1ccc(C(C)NCc2ccc(-c3cc(C(=O)N[C@@H](CO)Cc4ccc(C#N)cc4)c(Cl)cc3O)o2)cc1. The Morgan fingerprint density at radius 2 is 1.79 bits per heavy atom. The third kappa shape index (κ3) is 7.06. The summed E-state index contributed by atoms with van der Waals surface area (Å²) in [7, 11) is 0. The summed E-state index contributed by atoms with van der Waals surface area (Å²) in [6, 6.07) is 23.2. The standard InChI is InChI=1S/C31H30ClN3O4/c1-19-3-9-23(10-4-19)20(2)34-17-25-11-12-30(39-25)27-14-26(28(32)15-29(27)37)31(38)35-24(18-36)13-21-5-7-22(16-33)8-6-21/h3-12,14-15,20,24,34,36-37H,13,17-18H2,1-2H3,(H,35,38)/t20?,24-/m1/s1. The second-order valence-corrected chi connectivity index (χ2v) is 9.90. The second kappa shape index (κ2) is 12.6. The lowest BCUT2D eigenvalue weighted by Crippen LogP contribution is -2.39. The van der Waals surface area contributed by atoms with Crippen LogP contribution in [0.5, 0.6) is 5.75 Å². The van der Waals surface area contributed by atoms with Crippen LogP contribution in [0.4, 0.5) is 0 Å². The van der Waals surface area contributed by atoms with Crippen molar-refractivity contribution in [2.45, 2.75) is 38.9 Å². The highest BCUT2D eigenvalue weighted by atomic mass is 35.5. The maximum absolute atomic E-state index is 13.1. The van der Waals surface area contributed by atoms with E-state index in [-0.39, 0.29) is 29.0 Å². The molecule has 4 rings (SSSR count). The van der Waals surface area contributed by atoms with Crippen molar-refractivity contribution >= 4 is 17.5 Å². The molecule has 0 spiro atoms. The molecule has 1 aromatic heterocycles. The zero-order valence-corrected chi connectivity index (χ0v) is 22.5. The highest BCUT2D eigenvalue weighted by molar-refractivity contribution is 6.34. The van der Waals surface area contributed by atoms with Crippen molar-refractivity contribution in [3.05, 3.63) is 111 Å². The molecule has 0 radical (unpaired) electrons. The van der Waals surface area contributed by atoms with Crippen LogP contribution in [0.3, 0.4) is 0 Å². The number of aliphatic hydroxyl groups excluding tert-OH is 1. The molecule has 1 heterocycles. The minimum Gasteiger partial charge on any atom is -0.507 e. The van der Waals surface area contributed by atoms with Crippen molar-refractivity contribution in [1.29, 1.82) is 5.26 Å². The number of benzene rings is 3. The molecule has 200 valence electrons. The number of nitriles is 1. The number of aryl methyl sites for hydroxylation is 1. The summed E-state index contributed by atoms with van der Waals surface area (Å²) in [6.45, 7) is 4.31. The van der Waals surface area contributed by atoms with E-state index in [0.29, 0.717) is 35.6 Å². The lowest BCUT2D eigenvalue weighted by Gasteiger charge is -2.17. The van der Waals surface area contributed by atoms with Crippen LogP contribution in [-0.2, 0) is 13.0 Å². The Balaban J connectivity index is 1.45. The number of carbonyl (C=O) groups is 1. The first kappa shape index (κ1) is 27.9. The van der Waals surface area contributed by atoms with Crippen molar-refractivity contribution in [2.24, 2.45) is 0 Å². The molecule has 0 saturated carbocycles. The van der Waals surface area contributed by atoms with Gasteiger partial charge < -0.3 is 25.3 Å². The summed E-state index contributed by atoms with van der Waals surface area (Å²) in [5, 5.41) is 35.7. The monoisotopic (exact) mass is 543 g/mol. The van der Waals surface area contributed by atoms with Crippen LogP contribution in [-0.4, -0.2) is 28.8 Å². The Morgan fingerprint density at radius 3 is 2.46 bits per heavy atom. The largest absolute Gasteiger partial charge is 0.507 e. The van der Waals surface area contributed by atoms with Gasteiger partial charge in [-0.05, 0) is 61.7 Å². The minimum atomic E-state index is -0.574. The van der Waals surface area contributed by atoms with Crippen LogP contribution >= 0.6 is 11.6 Å². The van der Waals surface area contributed by atoms with Crippen LogP contribution in [0, 0.1) is 18.3 Å². The number of phenolic OH excluding ortho intramolecular Hbond substituents is 1. The zero-order valence-electron chi connectivity index (χ0n) is 21.7. The van der Waals surface area contributed by atoms with E-state index in [0.717, 1.165) is 5.56 Å². The smallest absolute Gasteiger partial charge is 0.253 e. The summed E-state index contributed by atoms with van der Waals surface area (Å²) in [5.74, 6) is 0.463. The number of halogens is 1. The van der Waals surface area contributed by atoms with Crippen molar-refractivity contribution < 1.29 is 19.4 Å². The topological polar surface area (TPSA) is 119 Å². The van der Waals surface area contributed by atoms with E-state index in [2.05, 4.69) is 54.8 Å². The van der Waals surface area contributed by atoms with E-state index in [1.165, 1.54) is 23.3 Å². The third-order valence-electron chi connectivity index (χ3n) is 6.54. The number of hydrogen-bond donors (Lipinski definition) is 4. The van der Waals surface area contributed by atoms with E-state index in [1.54, 1.807) is 30.3 Å². The van der Waals surface area contributed by atoms with Crippen molar-refractivity contribution in [3.8, 4) is 23.1 Å². The van der Waals surface area contributed by atoms with E-state index in [9.17, 15) is 15.0 Å². The minimum absolute atomic E-state index is 0.0733. The first-order valence-electron chi connectivity index (χ1n) is 12.6. The molecule has 3 aromatic carbocycles. The van der Waals surface area contributed by atoms with Gasteiger partial charge in [0.15, 0.2) is 0 Å². The summed E-state index contributed by atoms with van der Waals surface area (Å²) < 4.78 is 5.97. The number of carbonyl (C=O) groups excluding carboxylic acids is 1. The fraction of sp³-hybridized carbons (Fsp3) is 0.226. The van der Waals surface area contributed by atoms with Crippen LogP contribution in [0.2, 0.25) is 5.02 Å². The number of furan rings is 1. The molecule has 1 unspecified atom stereocenters. The predicted molar refractivity (Wildman–Crippen MR) is 150 cm³/mol. The Kier molecular flexibility index (Phi) is 9.05. The normalized spacial score (nSPS) is 12.5. The quantitative estimate of drug-likeness (QED) is 0.205. The van der Waals surface area contributed by atoms with Gasteiger partial charge in [-0.1, -0.05) is 53.6 Å². The average molecular weight is 544 g/mol. The third-order valence-corrected chi connectivity index (χ3v) is 6.85. The van der Waals surface area contributed by atoms with E-state index in [1.807, 2.05) is 6.07 Å². The molecule has 1 amide bonds. The number of nitrogens with zero attached hydrogens (tertiary/aromatic N) is 1. The maximum atomic E-state index is 13.1. The number of phenols is 1. The molecular formula is C31H30ClN3O4. The number of amides is 1. The van der Waals surface area contributed by atoms with Gasteiger partial charge in [-0.3, -0.25) is 4.79 Å². The Bertz CT molecular complexity index is 1470. The lowest BCUT2D eigenvalue weighted by molar-refractivity contribution is 0.0916. The number of hydrogen-bond acceptors (Lipinski definition) is 6. The fourth-order valence-electron chi connectivity index (χ4n) is 4.20. The molecule has 0 bridgehead atoms. The lowest BCUT2D eigenvalue weighted by atomic mass is 10.0. The van der Waals surface area contributed by atoms with Gasteiger partial charge in [-0.2, -0.15) is 5.26 Å². The predicted octanol–water partition coefficient (Wildman–Crippen LogP) is 5.67. The highest BCUT2D eigenvalue weighted by Crippen LogP contribution is 2.35. The fourth-order valence-corrected chi connectivity index (χ4v) is 4.45. The van der Waals surface area contributed by atoms with Crippen LogP contribution < -0.4 is 10.6 Å².